The van der Waals surface area contributed by atoms with Crippen molar-refractivity contribution in [3.63, 3.8) is 0 Å². The molecule has 0 bridgehead atoms. The molecule has 1 rings (SSSR count). The second kappa shape index (κ2) is 4.44. The molecule has 0 aromatic heterocycles. The van der Waals surface area contributed by atoms with Gasteiger partial charge < -0.3 is 5.73 Å². The van der Waals surface area contributed by atoms with Crippen molar-refractivity contribution in [1.82, 2.24) is 4.90 Å². The summed E-state index contributed by atoms with van der Waals surface area (Å²) >= 11 is 0. The highest BCUT2D eigenvalue weighted by Gasteiger charge is 2.21. The molecule has 1 aliphatic rings. The predicted molar refractivity (Wildman–Crippen MR) is 48.4 cm³/mol. The van der Waals surface area contributed by atoms with Crippen molar-refractivity contribution in [2.75, 3.05) is 19.6 Å². The molecule has 3 heteroatoms. The zero-order chi connectivity index (χ0) is 8.97. The Morgan fingerprint density at radius 3 is 2.58 bits per heavy atom. The Balaban J connectivity index is 2.31. The molecule has 0 spiro atoms. The standard InChI is InChI=1S/C9H17N3/c1-8(6-10)12-4-2-9(7-11)3-5-12/h8-9H,2-5,7,11H2,1H3. The number of nitrogens with zero attached hydrogens (tertiary/aromatic N) is 2. The summed E-state index contributed by atoms with van der Waals surface area (Å²) < 4.78 is 0. The molecule has 68 valence electrons. The molecule has 3 nitrogen and oxygen atoms in total. The van der Waals surface area contributed by atoms with Gasteiger partial charge in [0.25, 0.3) is 0 Å². The third-order valence-corrected chi connectivity index (χ3v) is 2.72. The molecule has 0 aromatic carbocycles. The molecule has 0 radical (unpaired) electrons. The topological polar surface area (TPSA) is 53.0 Å². The van der Waals surface area contributed by atoms with Gasteiger partial charge >= 0.3 is 0 Å². The fourth-order valence-corrected chi connectivity index (χ4v) is 1.66. The second-order valence-electron chi connectivity index (χ2n) is 3.52. The molecule has 1 saturated heterocycles. The average molecular weight is 167 g/mol. The number of likely N-dealkylation sites (tertiary alicyclic amines) is 1. The largest absolute Gasteiger partial charge is 0.330 e. The average Bonchev–Trinajstić information content (AvgIpc) is 2.17. The Hall–Kier alpha value is -0.590. The van der Waals surface area contributed by atoms with Crippen molar-refractivity contribution in [2.45, 2.75) is 25.8 Å². The first kappa shape index (κ1) is 9.50. The van der Waals surface area contributed by atoms with E-state index < -0.39 is 0 Å². The molecule has 1 fully saturated rings. The van der Waals surface area contributed by atoms with Gasteiger partial charge in [0, 0.05) is 0 Å². The lowest BCUT2D eigenvalue weighted by atomic mass is 9.96. The molecule has 1 unspecified atom stereocenters. The van der Waals surface area contributed by atoms with E-state index in [2.05, 4.69) is 11.0 Å². The van der Waals surface area contributed by atoms with Crippen LogP contribution in [0.3, 0.4) is 0 Å². The van der Waals surface area contributed by atoms with Crippen molar-refractivity contribution in [3.8, 4) is 6.07 Å². The van der Waals surface area contributed by atoms with E-state index in [1.54, 1.807) is 0 Å². The minimum Gasteiger partial charge on any atom is -0.330 e. The van der Waals surface area contributed by atoms with Gasteiger partial charge in [0.1, 0.15) is 0 Å². The highest BCUT2D eigenvalue weighted by Crippen LogP contribution is 2.17. The summed E-state index contributed by atoms with van der Waals surface area (Å²) in [6, 6.07) is 2.34. The quantitative estimate of drug-likeness (QED) is 0.654. The van der Waals surface area contributed by atoms with Gasteiger partial charge in [-0.25, -0.2) is 0 Å². The first-order valence-corrected chi connectivity index (χ1v) is 4.61. The van der Waals surface area contributed by atoms with Gasteiger partial charge in [0.15, 0.2) is 0 Å². The number of hydrogen-bond donors (Lipinski definition) is 1. The van der Waals surface area contributed by atoms with Crippen LogP contribution in [0.25, 0.3) is 0 Å². The third kappa shape index (κ3) is 2.20. The van der Waals surface area contributed by atoms with Gasteiger partial charge in [-0.15, -0.1) is 0 Å². The predicted octanol–water partition coefficient (Wildman–Crippen LogP) is 0.569. The molecular weight excluding hydrogens is 150 g/mol. The van der Waals surface area contributed by atoms with Crippen molar-refractivity contribution in [1.29, 1.82) is 5.26 Å². The molecule has 2 N–H and O–H groups in total. The van der Waals surface area contributed by atoms with Gasteiger partial charge in [-0.1, -0.05) is 0 Å². The van der Waals surface area contributed by atoms with Crippen LogP contribution in [-0.2, 0) is 0 Å². The third-order valence-electron chi connectivity index (χ3n) is 2.72. The van der Waals surface area contributed by atoms with E-state index >= 15 is 0 Å². The molecule has 12 heavy (non-hydrogen) atoms. The van der Waals surface area contributed by atoms with Gasteiger partial charge in [-0.05, 0) is 45.3 Å². The Morgan fingerprint density at radius 1 is 1.58 bits per heavy atom. The van der Waals surface area contributed by atoms with Crippen LogP contribution in [0.15, 0.2) is 0 Å². The molecule has 1 atom stereocenters. The summed E-state index contributed by atoms with van der Waals surface area (Å²) in [5, 5.41) is 8.69. The zero-order valence-corrected chi connectivity index (χ0v) is 7.66. The van der Waals surface area contributed by atoms with Crippen molar-refractivity contribution < 1.29 is 0 Å². The van der Waals surface area contributed by atoms with E-state index in [-0.39, 0.29) is 6.04 Å². The number of piperidine rings is 1. The van der Waals surface area contributed by atoms with E-state index in [0.717, 1.165) is 32.5 Å². The Bertz CT molecular complexity index is 165. The first-order valence-electron chi connectivity index (χ1n) is 4.61. The van der Waals surface area contributed by atoms with Gasteiger partial charge in [-0.2, -0.15) is 5.26 Å². The molecular formula is C9H17N3. The monoisotopic (exact) mass is 167 g/mol. The maximum Gasteiger partial charge on any atom is 0.0949 e. The lowest BCUT2D eigenvalue weighted by Gasteiger charge is -2.32. The summed E-state index contributed by atoms with van der Waals surface area (Å²) in [5.74, 6) is 0.687. The van der Waals surface area contributed by atoms with E-state index in [1.165, 1.54) is 0 Å². The van der Waals surface area contributed by atoms with E-state index in [4.69, 9.17) is 11.0 Å². The lowest BCUT2D eigenvalue weighted by molar-refractivity contribution is 0.168. The second-order valence-corrected chi connectivity index (χ2v) is 3.52. The molecule has 1 heterocycles. The van der Waals surface area contributed by atoms with Crippen LogP contribution in [0.1, 0.15) is 19.8 Å². The first-order chi connectivity index (χ1) is 5.77. The summed E-state index contributed by atoms with van der Waals surface area (Å²) in [4.78, 5) is 2.23. The Morgan fingerprint density at radius 2 is 2.17 bits per heavy atom. The van der Waals surface area contributed by atoms with Crippen LogP contribution in [-0.4, -0.2) is 30.6 Å². The van der Waals surface area contributed by atoms with Gasteiger partial charge in [-0.3, -0.25) is 4.90 Å². The summed E-state index contributed by atoms with van der Waals surface area (Å²) in [6.07, 6.45) is 2.31. The maximum absolute atomic E-state index is 8.69. The Labute approximate surface area is 74.1 Å². The summed E-state index contributed by atoms with van der Waals surface area (Å²) in [5.41, 5.74) is 5.57. The smallest absolute Gasteiger partial charge is 0.0949 e. The minimum absolute atomic E-state index is 0.0729. The number of rotatable bonds is 2. The molecule has 0 aliphatic carbocycles. The molecule has 0 amide bonds. The number of hydrogen-bond acceptors (Lipinski definition) is 3. The van der Waals surface area contributed by atoms with Crippen LogP contribution in [0.5, 0.6) is 0 Å². The van der Waals surface area contributed by atoms with E-state index in [1.807, 2.05) is 6.92 Å². The van der Waals surface area contributed by atoms with Crippen molar-refractivity contribution >= 4 is 0 Å². The molecule has 0 saturated carbocycles. The van der Waals surface area contributed by atoms with Gasteiger partial charge in [0.05, 0.1) is 12.1 Å². The summed E-state index contributed by atoms with van der Waals surface area (Å²) in [6.45, 7) is 4.84. The highest BCUT2D eigenvalue weighted by atomic mass is 15.2. The van der Waals surface area contributed by atoms with E-state index in [0.29, 0.717) is 5.92 Å². The van der Waals surface area contributed by atoms with Crippen molar-refractivity contribution in [2.24, 2.45) is 11.7 Å². The molecule has 0 aromatic rings. The van der Waals surface area contributed by atoms with Crippen LogP contribution >= 0.6 is 0 Å². The fraction of sp³-hybridized carbons (Fsp3) is 0.889. The Kier molecular flexibility index (Phi) is 3.51. The molecule has 1 aliphatic heterocycles. The van der Waals surface area contributed by atoms with Crippen LogP contribution in [0, 0.1) is 17.2 Å². The normalized spacial score (nSPS) is 23.4. The van der Waals surface area contributed by atoms with Crippen LogP contribution in [0.4, 0.5) is 0 Å². The lowest BCUT2D eigenvalue weighted by Crippen LogP contribution is -2.40. The van der Waals surface area contributed by atoms with Gasteiger partial charge in [0.2, 0.25) is 0 Å². The zero-order valence-electron chi connectivity index (χ0n) is 7.66. The number of nitriles is 1. The van der Waals surface area contributed by atoms with E-state index in [9.17, 15) is 0 Å². The SMILES string of the molecule is CC(C#N)N1CCC(CN)CC1. The minimum atomic E-state index is 0.0729. The van der Waals surface area contributed by atoms with Crippen LogP contribution in [0.2, 0.25) is 0 Å². The highest BCUT2D eigenvalue weighted by molar-refractivity contribution is 4.90. The number of nitrogens with two attached hydrogens (primary N) is 1. The maximum atomic E-state index is 8.69. The van der Waals surface area contributed by atoms with Crippen molar-refractivity contribution in [3.05, 3.63) is 0 Å². The summed E-state index contributed by atoms with van der Waals surface area (Å²) in [7, 11) is 0. The fourth-order valence-electron chi connectivity index (χ4n) is 1.66. The van der Waals surface area contributed by atoms with Crippen LogP contribution < -0.4 is 5.73 Å².